The van der Waals surface area contributed by atoms with Crippen LogP contribution in [0.25, 0.3) is 0 Å². The van der Waals surface area contributed by atoms with Crippen LogP contribution in [-0.2, 0) is 0 Å². The van der Waals surface area contributed by atoms with Crippen molar-refractivity contribution in [3.63, 3.8) is 0 Å². The molecule has 0 aromatic heterocycles. The standard InChI is InChI=1S/C11H15N/c1-11(2)6-5-10-9(8-11)4-3-7-12-10/h4-6H,3,7-8H2,1-2H3. The number of nitrogens with zero attached hydrogens (tertiary/aromatic N) is 1. The van der Waals surface area contributed by atoms with Crippen LogP contribution in [0.2, 0.25) is 0 Å². The van der Waals surface area contributed by atoms with Crippen molar-refractivity contribution in [2.45, 2.75) is 26.7 Å². The van der Waals surface area contributed by atoms with E-state index < -0.39 is 0 Å². The van der Waals surface area contributed by atoms with Crippen LogP contribution in [0.5, 0.6) is 0 Å². The van der Waals surface area contributed by atoms with E-state index in [1.54, 1.807) is 0 Å². The maximum absolute atomic E-state index is 4.48. The molecule has 1 heterocycles. The third kappa shape index (κ3) is 1.36. The highest BCUT2D eigenvalue weighted by Crippen LogP contribution is 2.33. The van der Waals surface area contributed by atoms with Crippen LogP contribution in [0.1, 0.15) is 26.7 Å². The maximum Gasteiger partial charge on any atom is 0.0600 e. The summed E-state index contributed by atoms with van der Waals surface area (Å²) < 4.78 is 0. The molecule has 0 saturated carbocycles. The molecule has 2 rings (SSSR count). The summed E-state index contributed by atoms with van der Waals surface area (Å²) in [5, 5.41) is 0. The van der Waals surface area contributed by atoms with Gasteiger partial charge in [0.2, 0.25) is 0 Å². The Bertz CT molecular complexity index is 279. The normalized spacial score (nSPS) is 25.8. The highest BCUT2D eigenvalue weighted by molar-refractivity contribution is 6.09. The average Bonchev–Trinajstić information content (AvgIpc) is 2.02. The molecule has 1 heteroatoms. The van der Waals surface area contributed by atoms with Crippen molar-refractivity contribution in [2.75, 3.05) is 6.54 Å². The van der Waals surface area contributed by atoms with E-state index in [1.807, 2.05) is 0 Å². The summed E-state index contributed by atoms with van der Waals surface area (Å²) >= 11 is 0. The third-order valence-corrected chi connectivity index (χ3v) is 2.47. The molecule has 0 radical (unpaired) electrons. The van der Waals surface area contributed by atoms with Gasteiger partial charge in [0.25, 0.3) is 0 Å². The minimum atomic E-state index is 0.336. The van der Waals surface area contributed by atoms with Crippen LogP contribution in [-0.4, -0.2) is 12.3 Å². The minimum Gasteiger partial charge on any atom is -0.285 e. The number of hydrogen-bond acceptors (Lipinski definition) is 1. The fourth-order valence-corrected chi connectivity index (χ4v) is 1.81. The predicted molar refractivity (Wildman–Crippen MR) is 52.5 cm³/mol. The summed E-state index contributed by atoms with van der Waals surface area (Å²) in [6.07, 6.45) is 9.07. The van der Waals surface area contributed by atoms with Crippen LogP contribution in [0.4, 0.5) is 0 Å². The quantitative estimate of drug-likeness (QED) is 0.518. The van der Waals surface area contributed by atoms with Crippen molar-refractivity contribution in [1.82, 2.24) is 0 Å². The second-order valence-electron chi connectivity index (χ2n) is 4.28. The van der Waals surface area contributed by atoms with Gasteiger partial charge in [-0.1, -0.05) is 26.0 Å². The van der Waals surface area contributed by atoms with Crippen molar-refractivity contribution >= 4 is 5.71 Å². The second-order valence-corrected chi connectivity index (χ2v) is 4.28. The molecule has 12 heavy (non-hydrogen) atoms. The monoisotopic (exact) mass is 161 g/mol. The summed E-state index contributed by atoms with van der Waals surface area (Å²) in [4.78, 5) is 4.48. The Balaban J connectivity index is 2.34. The molecule has 0 fully saturated rings. The molecule has 0 N–H and O–H groups in total. The first-order valence-electron chi connectivity index (χ1n) is 4.60. The molecule has 64 valence electrons. The first-order valence-corrected chi connectivity index (χ1v) is 4.60. The van der Waals surface area contributed by atoms with Crippen LogP contribution in [0.3, 0.4) is 0 Å². The topological polar surface area (TPSA) is 12.4 Å². The molecule has 0 unspecified atom stereocenters. The van der Waals surface area contributed by atoms with Crippen LogP contribution < -0.4 is 0 Å². The summed E-state index contributed by atoms with van der Waals surface area (Å²) in [6, 6.07) is 0. The van der Waals surface area contributed by atoms with E-state index in [1.165, 1.54) is 11.3 Å². The Morgan fingerprint density at radius 3 is 3.08 bits per heavy atom. The molecule has 0 saturated heterocycles. The Labute approximate surface area is 73.9 Å². The fraction of sp³-hybridized carbons (Fsp3) is 0.545. The predicted octanol–water partition coefficient (Wildman–Crippen LogP) is 2.74. The fourth-order valence-electron chi connectivity index (χ4n) is 1.81. The van der Waals surface area contributed by atoms with E-state index in [9.17, 15) is 0 Å². The molecule has 1 nitrogen and oxygen atoms in total. The molecule has 1 aliphatic heterocycles. The Morgan fingerprint density at radius 1 is 1.42 bits per heavy atom. The zero-order chi connectivity index (χ0) is 8.60. The van der Waals surface area contributed by atoms with Gasteiger partial charge in [-0.2, -0.15) is 0 Å². The van der Waals surface area contributed by atoms with Gasteiger partial charge in [0.1, 0.15) is 0 Å². The smallest absolute Gasteiger partial charge is 0.0600 e. The highest BCUT2D eigenvalue weighted by Gasteiger charge is 2.23. The number of dihydropyridines is 1. The largest absolute Gasteiger partial charge is 0.285 e. The average molecular weight is 161 g/mol. The van der Waals surface area contributed by atoms with Gasteiger partial charge in [0, 0.05) is 6.54 Å². The van der Waals surface area contributed by atoms with Gasteiger partial charge >= 0.3 is 0 Å². The van der Waals surface area contributed by atoms with E-state index in [-0.39, 0.29) is 0 Å². The number of allylic oxidation sites excluding steroid dienone is 3. The lowest BCUT2D eigenvalue weighted by atomic mass is 9.78. The van der Waals surface area contributed by atoms with Gasteiger partial charge in [-0.15, -0.1) is 0 Å². The molecule has 0 bridgehead atoms. The van der Waals surface area contributed by atoms with Crippen molar-refractivity contribution < 1.29 is 0 Å². The third-order valence-electron chi connectivity index (χ3n) is 2.47. The van der Waals surface area contributed by atoms with E-state index in [0.29, 0.717) is 5.41 Å². The molecule has 0 aromatic carbocycles. The summed E-state index contributed by atoms with van der Waals surface area (Å²) in [5.41, 5.74) is 3.01. The number of fused-ring (bicyclic) bond motifs is 1. The minimum absolute atomic E-state index is 0.336. The van der Waals surface area contributed by atoms with Crippen molar-refractivity contribution in [3.8, 4) is 0 Å². The van der Waals surface area contributed by atoms with Gasteiger partial charge in [0.05, 0.1) is 5.71 Å². The Hall–Kier alpha value is -0.850. The van der Waals surface area contributed by atoms with Crippen molar-refractivity contribution in [2.24, 2.45) is 10.4 Å². The lowest BCUT2D eigenvalue weighted by Crippen LogP contribution is -2.20. The van der Waals surface area contributed by atoms with Crippen LogP contribution >= 0.6 is 0 Å². The molecule has 2 aliphatic rings. The zero-order valence-corrected chi connectivity index (χ0v) is 7.80. The highest BCUT2D eigenvalue weighted by atomic mass is 14.7. The van der Waals surface area contributed by atoms with Crippen molar-refractivity contribution in [1.29, 1.82) is 0 Å². The number of rotatable bonds is 0. The number of aliphatic imine (C=N–C) groups is 1. The van der Waals surface area contributed by atoms with E-state index in [2.05, 4.69) is 37.1 Å². The second kappa shape index (κ2) is 2.58. The summed E-state index contributed by atoms with van der Waals surface area (Å²) in [7, 11) is 0. The summed E-state index contributed by atoms with van der Waals surface area (Å²) in [5.74, 6) is 0. The maximum atomic E-state index is 4.48. The first kappa shape index (κ1) is 7.78. The van der Waals surface area contributed by atoms with Crippen LogP contribution in [0, 0.1) is 5.41 Å². The molecular formula is C11H15N. The molecule has 0 atom stereocenters. The van der Waals surface area contributed by atoms with Gasteiger partial charge in [-0.3, -0.25) is 4.99 Å². The molecule has 1 aliphatic carbocycles. The molecule has 0 aromatic rings. The van der Waals surface area contributed by atoms with Gasteiger partial charge in [0.15, 0.2) is 0 Å². The van der Waals surface area contributed by atoms with Crippen molar-refractivity contribution in [3.05, 3.63) is 23.8 Å². The van der Waals surface area contributed by atoms with Gasteiger partial charge < -0.3 is 0 Å². The first-order chi connectivity index (χ1) is 5.67. The SMILES string of the molecule is CC1(C)C=CC2=NCCC=C2C1. The van der Waals surface area contributed by atoms with Crippen LogP contribution in [0.15, 0.2) is 28.8 Å². The molecular weight excluding hydrogens is 146 g/mol. The lowest BCUT2D eigenvalue weighted by molar-refractivity contribution is 0.476. The molecule has 0 spiro atoms. The Kier molecular flexibility index (Phi) is 1.67. The van der Waals surface area contributed by atoms with E-state index >= 15 is 0 Å². The van der Waals surface area contributed by atoms with Gasteiger partial charge in [-0.05, 0) is 29.9 Å². The van der Waals surface area contributed by atoms with E-state index in [4.69, 9.17) is 0 Å². The molecule has 0 amide bonds. The number of hydrogen-bond donors (Lipinski definition) is 0. The van der Waals surface area contributed by atoms with Gasteiger partial charge in [-0.25, -0.2) is 0 Å². The zero-order valence-electron chi connectivity index (χ0n) is 7.80. The van der Waals surface area contributed by atoms with E-state index in [0.717, 1.165) is 19.4 Å². The lowest BCUT2D eigenvalue weighted by Gasteiger charge is -2.28. The summed E-state index contributed by atoms with van der Waals surface area (Å²) in [6.45, 7) is 5.52. The Morgan fingerprint density at radius 2 is 2.25 bits per heavy atom.